The Bertz CT molecular complexity index is 748. The van der Waals surface area contributed by atoms with Gasteiger partial charge in [0.05, 0.1) is 11.4 Å². The van der Waals surface area contributed by atoms with Gasteiger partial charge < -0.3 is 5.11 Å². The zero-order valence-corrected chi connectivity index (χ0v) is 10.6. The molecule has 1 fully saturated rings. The highest BCUT2D eigenvalue weighted by atomic mass is 19.3. The molecule has 0 radical (unpaired) electrons. The van der Waals surface area contributed by atoms with Crippen molar-refractivity contribution in [1.29, 1.82) is 0 Å². The van der Waals surface area contributed by atoms with Crippen LogP contribution in [0, 0.1) is 6.92 Å². The van der Waals surface area contributed by atoms with Gasteiger partial charge in [0.1, 0.15) is 0 Å². The number of carbonyl (C=O) groups is 2. The van der Waals surface area contributed by atoms with Gasteiger partial charge in [-0.25, -0.2) is 13.6 Å². The van der Waals surface area contributed by atoms with Gasteiger partial charge in [-0.1, -0.05) is 6.07 Å². The first-order valence-corrected chi connectivity index (χ1v) is 6.07. The number of hydrogen-bond donors (Lipinski definition) is 1. The Morgan fingerprint density at radius 1 is 1.55 bits per heavy atom. The van der Waals surface area contributed by atoms with E-state index in [1.165, 1.54) is 18.3 Å². The molecule has 4 nitrogen and oxygen atoms in total. The fourth-order valence-electron chi connectivity index (χ4n) is 2.72. The summed E-state index contributed by atoms with van der Waals surface area (Å²) in [4.78, 5) is 22.4. The highest BCUT2D eigenvalue weighted by Crippen LogP contribution is 2.57. The van der Waals surface area contributed by atoms with Gasteiger partial charge in [0.15, 0.2) is 6.29 Å². The van der Waals surface area contributed by atoms with Crippen LogP contribution >= 0.6 is 0 Å². The molecule has 1 heterocycles. The van der Waals surface area contributed by atoms with Gasteiger partial charge in [-0.05, 0) is 24.1 Å². The summed E-state index contributed by atoms with van der Waals surface area (Å²) in [5.41, 5.74) is 1.40. The Balaban J connectivity index is 2.30. The summed E-state index contributed by atoms with van der Waals surface area (Å²) in [5.74, 6) is -3.72. The number of alkyl halides is 2. The molecular weight excluding hydrogens is 268 g/mol. The molecule has 20 heavy (non-hydrogen) atoms. The molecule has 0 bridgehead atoms. The molecule has 104 valence electrons. The minimum Gasteiger partial charge on any atom is -0.464 e. The van der Waals surface area contributed by atoms with E-state index in [1.54, 1.807) is 6.92 Å². The molecule has 1 saturated carbocycles. The minimum absolute atomic E-state index is 0.160. The molecule has 6 heteroatoms. The molecule has 1 N–H and O–H groups in total. The van der Waals surface area contributed by atoms with Crippen molar-refractivity contribution in [2.24, 2.45) is 0 Å². The average molecular weight is 279 g/mol. The van der Waals surface area contributed by atoms with E-state index in [-0.39, 0.29) is 12.0 Å². The summed E-state index contributed by atoms with van der Waals surface area (Å²) < 4.78 is 27.5. The number of halogens is 2. The van der Waals surface area contributed by atoms with Gasteiger partial charge in [-0.2, -0.15) is 0 Å². The third-order valence-electron chi connectivity index (χ3n) is 3.76. The van der Waals surface area contributed by atoms with Crippen LogP contribution in [0.1, 0.15) is 33.8 Å². The maximum absolute atomic E-state index is 13.2. The topological polar surface area (TPSA) is 59.3 Å². The van der Waals surface area contributed by atoms with Crippen molar-refractivity contribution in [1.82, 2.24) is 4.57 Å². The van der Waals surface area contributed by atoms with E-state index < -0.39 is 17.9 Å². The molecule has 1 aromatic heterocycles. The van der Waals surface area contributed by atoms with Crippen LogP contribution in [0.4, 0.5) is 13.6 Å². The van der Waals surface area contributed by atoms with Crippen LogP contribution in [-0.4, -0.2) is 28.0 Å². The van der Waals surface area contributed by atoms with E-state index in [9.17, 15) is 18.4 Å². The average Bonchev–Trinajstić information content (AvgIpc) is 2.83. The molecule has 0 spiro atoms. The van der Waals surface area contributed by atoms with Gasteiger partial charge in [-0.15, -0.1) is 0 Å². The Kier molecular flexibility index (Phi) is 2.48. The van der Waals surface area contributed by atoms with Gasteiger partial charge in [-0.3, -0.25) is 9.36 Å². The number of rotatable bonds is 2. The number of benzene rings is 1. The first kappa shape index (κ1) is 12.8. The van der Waals surface area contributed by atoms with E-state index in [1.807, 2.05) is 0 Å². The summed E-state index contributed by atoms with van der Waals surface area (Å²) in [5, 5.41) is 9.49. The van der Waals surface area contributed by atoms with Crippen molar-refractivity contribution in [3.05, 3.63) is 35.0 Å². The van der Waals surface area contributed by atoms with E-state index in [0.717, 1.165) is 4.57 Å². The zero-order chi connectivity index (χ0) is 14.7. The van der Waals surface area contributed by atoms with Crippen LogP contribution < -0.4 is 0 Å². The molecule has 1 aromatic carbocycles. The Hall–Kier alpha value is -2.24. The lowest BCUT2D eigenvalue weighted by Gasteiger charge is -2.10. The first-order chi connectivity index (χ1) is 9.36. The highest BCUT2D eigenvalue weighted by molar-refractivity contribution is 6.03. The van der Waals surface area contributed by atoms with Crippen LogP contribution in [0.3, 0.4) is 0 Å². The van der Waals surface area contributed by atoms with Crippen molar-refractivity contribution in [2.75, 3.05) is 0 Å². The Labute approximate surface area is 112 Å². The van der Waals surface area contributed by atoms with Crippen molar-refractivity contribution in [3.63, 3.8) is 0 Å². The fraction of sp³-hybridized carbons (Fsp3) is 0.286. The summed E-state index contributed by atoms with van der Waals surface area (Å²) in [6.45, 7) is 1.65. The maximum Gasteiger partial charge on any atom is 0.416 e. The lowest BCUT2D eigenvalue weighted by atomic mass is 9.97. The van der Waals surface area contributed by atoms with Crippen molar-refractivity contribution in [2.45, 2.75) is 25.2 Å². The fourth-order valence-corrected chi connectivity index (χ4v) is 2.72. The number of fused-ring (bicyclic) bond motifs is 1. The number of aldehydes is 1. The Morgan fingerprint density at radius 3 is 2.70 bits per heavy atom. The van der Waals surface area contributed by atoms with Crippen LogP contribution in [0.5, 0.6) is 0 Å². The quantitative estimate of drug-likeness (QED) is 0.857. The summed E-state index contributed by atoms with van der Waals surface area (Å²) in [6, 6.07) is 2.97. The van der Waals surface area contributed by atoms with E-state index >= 15 is 0 Å². The van der Waals surface area contributed by atoms with Gasteiger partial charge in [0.2, 0.25) is 0 Å². The molecule has 3 rings (SSSR count). The number of nitrogens with zero attached hydrogens (tertiary/aromatic N) is 1. The van der Waals surface area contributed by atoms with Crippen LogP contribution in [-0.2, 0) is 0 Å². The Morgan fingerprint density at radius 2 is 2.20 bits per heavy atom. The monoisotopic (exact) mass is 279 g/mol. The predicted octanol–water partition coefficient (Wildman–Crippen LogP) is 3.41. The van der Waals surface area contributed by atoms with Crippen molar-refractivity contribution < 1.29 is 23.5 Å². The molecule has 0 unspecified atom stereocenters. The molecule has 0 amide bonds. The molecule has 1 aliphatic carbocycles. The number of carbonyl (C=O) groups excluding carboxylic acids is 1. The maximum atomic E-state index is 13.2. The number of hydrogen-bond acceptors (Lipinski definition) is 2. The molecule has 0 aliphatic heterocycles. The van der Waals surface area contributed by atoms with Gasteiger partial charge >= 0.3 is 6.09 Å². The van der Waals surface area contributed by atoms with E-state index in [2.05, 4.69) is 0 Å². The van der Waals surface area contributed by atoms with Gasteiger partial charge in [0.25, 0.3) is 5.92 Å². The first-order valence-electron chi connectivity index (χ1n) is 6.07. The second-order valence-electron chi connectivity index (χ2n) is 5.06. The van der Waals surface area contributed by atoms with Crippen LogP contribution in [0.2, 0.25) is 0 Å². The van der Waals surface area contributed by atoms with E-state index in [4.69, 9.17) is 5.11 Å². The van der Waals surface area contributed by atoms with E-state index in [0.29, 0.717) is 28.3 Å². The molecular formula is C14H11F2NO3. The molecule has 1 aliphatic rings. The molecule has 1 atom stereocenters. The van der Waals surface area contributed by atoms with Crippen molar-refractivity contribution >= 4 is 23.3 Å². The smallest absolute Gasteiger partial charge is 0.416 e. The van der Waals surface area contributed by atoms with Crippen molar-refractivity contribution in [3.8, 4) is 0 Å². The van der Waals surface area contributed by atoms with Crippen LogP contribution in [0.15, 0.2) is 18.3 Å². The summed E-state index contributed by atoms with van der Waals surface area (Å²) in [7, 11) is 0. The zero-order valence-electron chi connectivity index (χ0n) is 10.6. The third-order valence-corrected chi connectivity index (χ3v) is 3.76. The highest BCUT2D eigenvalue weighted by Gasteiger charge is 2.58. The lowest BCUT2D eigenvalue weighted by molar-refractivity contribution is 0.110. The van der Waals surface area contributed by atoms with Crippen LogP contribution in [0.25, 0.3) is 10.9 Å². The normalized spacial score (nSPS) is 20.1. The summed E-state index contributed by atoms with van der Waals surface area (Å²) >= 11 is 0. The minimum atomic E-state index is -2.77. The SMILES string of the molecule is Cc1cc([C@H]2CC2(F)F)c(C=O)c2ccn(C(=O)O)c12. The largest absolute Gasteiger partial charge is 0.464 e. The number of aromatic nitrogens is 1. The predicted molar refractivity (Wildman–Crippen MR) is 67.8 cm³/mol. The number of carboxylic acid groups (broad SMARTS) is 1. The summed E-state index contributed by atoms with van der Waals surface area (Å²) in [6.07, 6.45) is 0.405. The standard InChI is InChI=1S/C14H11F2NO3/c1-7-4-9(11-5-14(11,15)16)10(6-18)8-2-3-17(12(7)8)13(19)20/h2-4,6,11H,5H2,1H3,(H,19,20)/t11-/m1/s1. The van der Waals surface area contributed by atoms with Gasteiger partial charge in [0, 0.05) is 23.6 Å². The lowest BCUT2D eigenvalue weighted by Crippen LogP contribution is -2.07. The molecule has 0 saturated heterocycles. The second-order valence-corrected chi connectivity index (χ2v) is 5.06. The molecule has 2 aromatic rings. The third kappa shape index (κ3) is 1.64. The number of aryl methyl sites for hydroxylation is 1. The second kappa shape index (κ2) is 3.88.